The van der Waals surface area contributed by atoms with Crippen LogP contribution in [-0.4, -0.2) is 36.2 Å². The van der Waals surface area contributed by atoms with Gasteiger partial charge in [-0.15, -0.1) is 0 Å². The highest BCUT2D eigenvalue weighted by molar-refractivity contribution is 5.87. The van der Waals surface area contributed by atoms with Crippen LogP contribution in [0.25, 0.3) is 0 Å². The van der Waals surface area contributed by atoms with Crippen molar-refractivity contribution in [1.82, 2.24) is 4.90 Å². The molecule has 27 heavy (non-hydrogen) atoms. The Morgan fingerprint density at radius 1 is 1.22 bits per heavy atom. The molecule has 3 rings (SSSR count). The molecule has 1 heterocycles. The summed E-state index contributed by atoms with van der Waals surface area (Å²) in [5.74, 6) is -0.641. The Labute approximate surface area is 157 Å². The molecule has 1 aromatic rings. The van der Waals surface area contributed by atoms with Crippen molar-refractivity contribution in [1.29, 1.82) is 0 Å². The first-order valence-corrected chi connectivity index (χ1v) is 9.03. The number of rotatable bonds is 5. The average Bonchev–Trinajstić information content (AvgIpc) is 2.67. The number of halogens is 2. The lowest BCUT2D eigenvalue weighted by Crippen LogP contribution is -2.39. The maximum atomic E-state index is 13.2. The second-order valence-electron chi connectivity index (χ2n) is 6.83. The van der Waals surface area contributed by atoms with Crippen LogP contribution in [0, 0.1) is 11.7 Å². The van der Waals surface area contributed by atoms with Crippen molar-refractivity contribution in [3.05, 3.63) is 59.3 Å². The molecule has 1 aromatic carbocycles. The second-order valence-corrected chi connectivity index (χ2v) is 6.83. The molecule has 0 aromatic heterocycles. The van der Waals surface area contributed by atoms with Gasteiger partial charge < -0.3 is 15.5 Å². The zero-order chi connectivity index (χ0) is 19.2. The first kappa shape index (κ1) is 19.1. The van der Waals surface area contributed by atoms with Gasteiger partial charge in [0, 0.05) is 37.5 Å². The van der Waals surface area contributed by atoms with E-state index in [-0.39, 0.29) is 35.6 Å². The Kier molecular flexibility index (Phi) is 6.21. The van der Waals surface area contributed by atoms with E-state index in [4.69, 9.17) is 10.6 Å². The van der Waals surface area contributed by atoms with E-state index in [1.807, 2.05) is 0 Å². The number of carbonyl (C=O) groups excluding carboxylic acids is 1. The Morgan fingerprint density at radius 3 is 2.59 bits per heavy atom. The SMILES string of the molecule is NC1=C(F)C=CC(CON=C2CCN(C(=O)Cc3ccc(F)cc3)CC2)C1. The van der Waals surface area contributed by atoms with Gasteiger partial charge in [0.2, 0.25) is 5.91 Å². The largest absolute Gasteiger partial charge is 0.400 e. The minimum absolute atomic E-state index is 0.0197. The second kappa shape index (κ2) is 8.79. The number of nitrogens with zero attached hydrogens (tertiary/aromatic N) is 2. The van der Waals surface area contributed by atoms with Crippen molar-refractivity contribution >= 4 is 11.6 Å². The van der Waals surface area contributed by atoms with E-state index in [2.05, 4.69) is 5.16 Å². The summed E-state index contributed by atoms with van der Waals surface area (Å²) in [6.45, 7) is 1.53. The van der Waals surface area contributed by atoms with E-state index in [0.29, 0.717) is 39.0 Å². The quantitative estimate of drug-likeness (QED) is 0.804. The maximum absolute atomic E-state index is 13.2. The highest BCUT2D eigenvalue weighted by atomic mass is 19.1. The number of likely N-dealkylation sites (tertiary alicyclic amines) is 1. The molecule has 1 aliphatic heterocycles. The lowest BCUT2D eigenvalue weighted by atomic mass is 9.99. The molecule has 144 valence electrons. The molecule has 2 N–H and O–H groups in total. The molecule has 7 heteroatoms. The summed E-state index contributed by atoms with van der Waals surface area (Å²) in [5, 5.41) is 4.16. The Hall–Kier alpha value is -2.70. The predicted octanol–water partition coefficient (Wildman–Crippen LogP) is 3.08. The predicted molar refractivity (Wildman–Crippen MR) is 98.9 cm³/mol. The highest BCUT2D eigenvalue weighted by Crippen LogP contribution is 2.21. The van der Waals surface area contributed by atoms with Gasteiger partial charge in [-0.1, -0.05) is 23.4 Å². The molecule has 0 radical (unpaired) electrons. The lowest BCUT2D eigenvalue weighted by Gasteiger charge is -2.27. The fraction of sp³-hybridized carbons (Fsp3) is 0.400. The molecule has 1 aliphatic carbocycles. The minimum atomic E-state index is -0.379. The minimum Gasteiger partial charge on any atom is -0.400 e. The van der Waals surface area contributed by atoms with E-state index < -0.39 is 0 Å². The van der Waals surface area contributed by atoms with Crippen LogP contribution >= 0.6 is 0 Å². The highest BCUT2D eigenvalue weighted by Gasteiger charge is 2.21. The van der Waals surface area contributed by atoms with Gasteiger partial charge in [0.15, 0.2) is 0 Å². The van der Waals surface area contributed by atoms with Crippen LogP contribution in [0.3, 0.4) is 0 Å². The van der Waals surface area contributed by atoms with Gasteiger partial charge in [0.05, 0.1) is 12.1 Å². The van der Waals surface area contributed by atoms with E-state index in [0.717, 1.165) is 11.3 Å². The van der Waals surface area contributed by atoms with Crippen molar-refractivity contribution in [2.24, 2.45) is 16.8 Å². The van der Waals surface area contributed by atoms with Gasteiger partial charge in [-0.25, -0.2) is 8.78 Å². The number of carbonyl (C=O) groups is 1. The third-order valence-electron chi connectivity index (χ3n) is 4.75. The van der Waals surface area contributed by atoms with Crippen LogP contribution in [-0.2, 0) is 16.1 Å². The van der Waals surface area contributed by atoms with Crippen molar-refractivity contribution in [2.45, 2.75) is 25.7 Å². The number of hydrogen-bond acceptors (Lipinski definition) is 4. The normalized spacial score (nSPS) is 20.0. The summed E-state index contributed by atoms with van der Waals surface area (Å²) in [6, 6.07) is 5.98. The van der Waals surface area contributed by atoms with E-state index in [9.17, 15) is 13.6 Å². The molecule has 0 spiro atoms. The summed E-state index contributed by atoms with van der Waals surface area (Å²) >= 11 is 0. The smallest absolute Gasteiger partial charge is 0.227 e. The van der Waals surface area contributed by atoms with Gasteiger partial charge in [0.1, 0.15) is 18.3 Å². The number of hydrogen-bond donors (Lipinski definition) is 1. The number of amides is 1. The summed E-state index contributed by atoms with van der Waals surface area (Å²) in [5.41, 5.74) is 7.55. The summed E-state index contributed by atoms with van der Waals surface area (Å²) in [7, 11) is 0. The molecule has 1 atom stereocenters. The summed E-state index contributed by atoms with van der Waals surface area (Å²) < 4.78 is 26.1. The molecule has 1 saturated heterocycles. The number of benzene rings is 1. The molecule has 0 bridgehead atoms. The van der Waals surface area contributed by atoms with Gasteiger partial charge in [-0.3, -0.25) is 4.79 Å². The molecular formula is C20H23F2N3O2. The Bertz CT molecular complexity index is 762. The lowest BCUT2D eigenvalue weighted by molar-refractivity contribution is -0.130. The maximum Gasteiger partial charge on any atom is 0.227 e. The molecule has 1 unspecified atom stereocenters. The average molecular weight is 375 g/mol. The molecule has 5 nitrogen and oxygen atoms in total. The van der Waals surface area contributed by atoms with Gasteiger partial charge in [0.25, 0.3) is 0 Å². The molecule has 1 fully saturated rings. The summed E-state index contributed by atoms with van der Waals surface area (Å²) in [4.78, 5) is 19.5. The Balaban J connectivity index is 1.40. The number of piperidine rings is 1. The third-order valence-corrected chi connectivity index (χ3v) is 4.75. The number of nitrogens with two attached hydrogens (primary N) is 1. The fourth-order valence-corrected chi connectivity index (χ4v) is 3.11. The van der Waals surface area contributed by atoms with Crippen molar-refractivity contribution in [3.8, 4) is 0 Å². The van der Waals surface area contributed by atoms with E-state index >= 15 is 0 Å². The van der Waals surface area contributed by atoms with Crippen molar-refractivity contribution in [2.75, 3.05) is 19.7 Å². The van der Waals surface area contributed by atoms with Crippen LogP contribution in [0.1, 0.15) is 24.8 Å². The van der Waals surface area contributed by atoms with Gasteiger partial charge >= 0.3 is 0 Å². The molecular weight excluding hydrogens is 352 g/mol. The van der Waals surface area contributed by atoms with E-state index in [1.54, 1.807) is 23.1 Å². The first-order chi connectivity index (χ1) is 13.0. The van der Waals surface area contributed by atoms with Crippen molar-refractivity contribution < 1.29 is 18.4 Å². The molecule has 2 aliphatic rings. The zero-order valence-corrected chi connectivity index (χ0v) is 15.0. The third kappa shape index (κ3) is 5.39. The van der Waals surface area contributed by atoms with Crippen LogP contribution in [0.2, 0.25) is 0 Å². The van der Waals surface area contributed by atoms with Crippen LogP contribution < -0.4 is 5.73 Å². The van der Waals surface area contributed by atoms with Crippen LogP contribution in [0.15, 0.2) is 53.1 Å². The van der Waals surface area contributed by atoms with Gasteiger partial charge in [-0.2, -0.15) is 0 Å². The summed E-state index contributed by atoms with van der Waals surface area (Å²) in [6.07, 6.45) is 5.12. The Morgan fingerprint density at radius 2 is 1.93 bits per heavy atom. The van der Waals surface area contributed by atoms with Crippen LogP contribution in [0.5, 0.6) is 0 Å². The monoisotopic (exact) mass is 375 g/mol. The molecule has 1 amide bonds. The number of oxime groups is 1. The fourth-order valence-electron chi connectivity index (χ4n) is 3.11. The standard InChI is InChI=1S/C20H23F2N3O2/c21-16-4-1-14(2-5-16)12-20(26)25-9-7-17(8-10-25)24-27-13-15-3-6-18(22)19(23)11-15/h1-6,15H,7-13,23H2. The topological polar surface area (TPSA) is 67.9 Å². The molecule has 0 saturated carbocycles. The van der Waals surface area contributed by atoms with Gasteiger partial charge in [-0.05, 0) is 30.2 Å². The first-order valence-electron chi connectivity index (χ1n) is 9.03. The number of allylic oxidation sites excluding steroid dienone is 3. The van der Waals surface area contributed by atoms with Crippen LogP contribution in [0.4, 0.5) is 8.78 Å². The van der Waals surface area contributed by atoms with E-state index in [1.165, 1.54) is 18.2 Å². The zero-order valence-electron chi connectivity index (χ0n) is 15.0. The van der Waals surface area contributed by atoms with Crippen molar-refractivity contribution in [3.63, 3.8) is 0 Å².